The molecule has 0 saturated heterocycles. The summed E-state index contributed by atoms with van der Waals surface area (Å²) in [5.74, 6) is 1.70. The van der Waals surface area contributed by atoms with Gasteiger partial charge in [0.2, 0.25) is 0 Å². The molecule has 0 amide bonds. The van der Waals surface area contributed by atoms with Crippen molar-refractivity contribution in [2.75, 3.05) is 0 Å². The summed E-state index contributed by atoms with van der Waals surface area (Å²) in [6.07, 6.45) is 12.2. The van der Waals surface area contributed by atoms with Gasteiger partial charge in [-0.05, 0) is 94.2 Å². The van der Waals surface area contributed by atoms with Crippen LogP contribution in [-0.4, -0.2) is 31.9 Å². The maximum atomic E-state index is 12.5. The molecule has 0 aromatic heterocycles. The molecule has 0 spiro atoms. The van der Waals surface area contributed by atoms with Crippen molar-refractivity contribution in [3.63, 3.8) is 0 Å². The summed E-state index contributed by atoms with van der Waals surface area (Å²) >= 11 is 0. The molecule has 0 aromatic carbocycles. The molecule has 0 radical (unpaired) electrons. The molecule has 7 atom stereocenters. The zero-order valence-electron chi connectivity index (χ0n) is 17.0. The van der Waals surface area contributed by atoms with Crippen molar-refractivity contribution in [3.8, 4) is 0 Å². The molecule has 0 aromatic rings. The molecular formula is C22H36O3Si. The first kappa shape index (κ1) is 18.9. The first-order valence-electron chi connectivity index (χ1n) is 10.7. The van der Waals surface area contributed by atoms with Gasteiger partial charge >= 0.3 is 0 Å². The van der Waals surface area contributed by atoms with Crippen LogP contribution in [0.1, 0.15) is 58.3 Å². The highest BCUT2D eigenvalue weighted by Crippen LogP contribution is 2.65. The zero-order valence-corrected chi connectivity index (χ0v) is 18.0. The number of carbonyl (C=O) groups is 1. The fraction of sp³-hybridized carbons (Fsp3) is 0.864. The monoisotopic (exact) mass is 376 g/mol. The second-order valence-corrected chi connectivity index (χ2v) is 15.2. The van der Waals surface area contributed by atoms with E-state index in [9.17, 15) is 9.90 Å². The summed E-state index contributed by atoms with van der Waals surface area (Å²) in [7, 11) is -1.57. The Labute approximate surface area is 159 Å². The Morgan fingerprint density at radius 3 is 2.58 bits per heavy atom. The number of aldehydes is 1. The van der Waals surface area contributed by atoms with E-state index in [-0.39, 0.29) is 23.0 Å². The van der Waals surface area contributed by atoms with E-state index in [1.54, 1.807) is 0 Å². The van der Waals surface area contributed by atoms with Crippen molar-refractivity contribution >= 4 is 14.6 Å². The first-order valence-corrected chi connectivity index (χ1v) is 14.1. The van der Waals surface area contributed by atoms with Gasteiger partial charge in [0, 0.05) is 0 Å². The number of allylic oxidation sites excluding steroid dienone is 1. The minimum atomic E-state index is -1.57. The number of fused-ring (bicyclic) bond motifs is 5. The van der Waals surface area contributed by atoms with Crippen molar-refractivity contribution in [3.05, 3.63) is 11.6 Å². The Balaban J connectivity index is 1.63. The van der Waals surface area contributed by atoms with Gasteiger partial charge in [-0.25, -0.2) is 0 Å². The molecule has 4 heteroatoms. The summed E-state index contributed by atoms with van der Waals surface area (Å²) < 4.78 is 6.37. The number of aliphatic hydroxyl groups is 1. The molecule has 3 fully saturated rings. The van der Waals surface area contributed by atoms with Crippen LogP contribution in [0.15, 0.2) is 11.6 Å². The zero-order chi connectivity index (χ0) is 18.7. The van der Waals surface area contributed by atoms with E-state index in [4.69, 9.17) is 4.43 Å². The Kier molecular flexibility index (Phi) is 4.56. The molecule has 4 rings (SSSR count). The third-order valence-corrected chi connectivity index (χ3v) is 9.35. The molecule has 0 bridgehead atoms. The van der Waals surface area contributed by atoms with E-state index in [2.05, 4.69) is 32.6 Å². The fourth-order valence-electron chi connectivity index (χ4n) is 7.14. The van der Waals surface area contributed by atoms with Gasteiger partial charge in [0.05, 0.1) is 17.6 Å². The molecule has 0 unspecified atom stereocenters. The highest BCUT2D eigenvalue weighted by atomic mass is 28.4. The Hall–Kier alpha value is -0.453. The number of hydrogen-bond donors (Lipinski definition) is 1. The second-order valence-electron chi connectivity index (χ2n) is 10.7. The van der Waals surface area contributed by atoms with Crippen molar-refractivity contribution in [1.29, 1.82) is 0 Å². The summed E-state index contributed by atoms with van der Waals surface area (Å²) in [5.41, 5.74) is 1.23. The lowest BCUT2D eigenvalue weighted by Crippen LogP contribution is -2.53. The average Bonchev–Trinajstić information content (AvgIpc) is 2.88. The molecule has 146 valence electrons. The highest BCUT2D eigenvalue weighted by molar-refractivity contribution is 6.69. The molecule has 3 nitrogen and oxygen atoms in total. The molecular weight excluding hydrogens is 340 g/mol. The third kappa shape index (κ3) is 2.79. The van der Waals surface area contributed by atoms with Crippen molar-refractivity contribution < 1.29 is 14.3 Å². The number of hydrogen-bond acceptors (Lipinski definition) is 3. The lowest BCUT2D eigenvalue weighted by Gasteiger charge is -2.57. The minimum absolute atomic E-state index is 0.0879. The molecule has 26 heavy (non-hydrogen) atoms. The van der Waals surface area contributed by atoms with Gasteiger partial charge in [-0.3, -0.25) is 0 Å². The Morgan fingerprint density at radius 1 is 1.12 bits per heavy atom. The maximum absolute atomic E-state index is 12.5. The van der Waals surface area contributed by atoms with Crippen molar-refractivity contribution in [1.82, 2.24) is 0 Å². The van der Waals surface area contributed by atoms with Gasteiger partial charge in [-0.15, -0.1) is 0 Å². The summed E-state index contributed by atoms with van der Waals surface area (Å²) in [6.45, 7) is 9.05. The molecule has 3 saturated carbocycles. The van der Waals surface area contributed by atoms with Crippen LogP contribution in [0.2, 0.25) is 19.6 Å². The lowest BCUT2D eigenvalue weighted by atomic mass is 9.47. The Morgan fingerprint density at radius 2 is 1.88 bits per heavy atom. The van der Waals surface area contributed by atoms with Crippen LogP contribution in [0.5, 0.6) is 0 Å². The molecule has 1 N–H and O–H groups in total. The van der Waals surface area contributed by atoms with Crippen LogP contribution in [0.4, 0.5) is 0 Å². The molecule has 4 aliphatic rings. The fourth-order valence-corrected chi connectivity index (χ4v) is 8.23. The van der Waals surface area contributed by atoms with Gasteiger partial charge in [0.1, 0.15) is 6.29 Å². The first-order chi connectivity index (χ1) is 12.2. The van der Waals surface area contributed by atoms with Crippen LogP contribution in [-0.2, 0) is 9.22 Å². The van der Waals surface area contributed by atoms with Gasteiger partial charge in [0.15, 0.2) is 8.32 Å². The predicted molar refractivity (Wildman–Crippen MR) is 106 cm³/mol. The smallest absolute Gasteiger partial charge is 0.184 e. The van der Waals surface area contributed by atoms with E-state index < -0.39 is 8.32 Å². The topological polar surface area (TPSA) is 46.5 Å². The van der Waals surface area contributed by atoms with E-state index in [1.807, 2.05) is 0 Å². The number of aliphatic hydroxyl groups excluding tert-OH is 1. The lowest BCUT2D eigenvalue weighted by molar-refractivity contribution is -0.128. The van der Waals surface area contributed by atoms with Crippen molar-refractivity contribution in [2.45, 2.75) is 90.1 Å². The summed E-state index contributed by atoms with van der Waals surface area (Å²) in [6, 6.07) is 0. The number of carbonyl (C=O) groups excluding carboxylic acids is 1. The normalized spacial score (nSPS) is 48.2. The summed E-state index contributed by atoms with van der Waals surface area (Å²) in [4.78, 5) is 12.5. The van der Waals surface area contributed by atoms with Crippen LogP contribution in [0.3, 0.4) is 0 Å². The van der Waals surface area contributed by atoms with Gasteiger partial charge < -0.3 is 14.3 Å². The Bertz CT molecular complexity index is 609. The van der Waals surface area contributed by atoms with Gasteiger partial charge in [-0.2, -0.15) is 0 Å². The van der Waals surface area contributed by atoms with Crippen LogP contribution < -0.4 is 0 Å². The second kappa shape index (κ2) is 6.28. The van der Waals surface area contributed by atoms with E-state index in [1.165, 1.54) is 18.3 Å². The molecule has 0 aliphatic heterocycles. The van der Waals surface area contributed by atoms with Crippen LogP contribution in [0, 0.1) is 28.6 Å². The van der Waals surface area contributed by atoms with Gasteiger partial charge in [-0.1, -0.05) is 18.6 Å². The van der Waals surface area contributed by atoms with E-state index in [0.717, 1.165) is 44.9 Å². The van der Waals surface area contributed by atoms with E-state index in [0.29, 0.717) is 17.8 Å². The average molecular weight is 377 g/mol. The molecule has 4 aliphatic carbocycles. The van der Waals surface area contributed by atoms with Crippen LogP contribution in [0.25, 0.3) is 0 Å². The van der Waals surface area contributed by atoms with Crippen LogP contribution >= 0.6 is 0 Å². The molecule has 0 heterocycles. The quantitative estimate of drug-likeness (QED) is 0.441. The number of rotatable bonds is 3. The standard InChI is InChI=1S/C22H36O3Si/c1-21-11-10-19-17(18(21)7-8-20(21)24)6-5-15-13-16(25-26(2,3)4)9-12-22(15,19)14-23/h13-14,16-20,24H,5-12H2,1-4H3/t16-,17-,18-,19-,20-,21-,22+/m0/s1. The minimum Gasteiger partial charge on any atom is -0.411 e. The van der Waals surface area contributed by atoms with Crippen molar-refractivity contribution in [2.24, 2.45) is 28.6 Å². The largest absolute Gasteiger partial charge is 0.411 e. The predicted octanol–water partition coefficient (Wildman–Crippen LogP) is 4.71. The third-order valence-electron chi connectivity index (χ3n) is 8.34. The van der Waals surface area contributed by atoms with E-state index >= 15 is 0 Å². The van der Waals surface area contributed by atoms with Gasteiger partial charge in [0.25, 0.3) is 0 Å². The highest BCUT2D eigenvalue weighted by Gasteiger charge is 2.60. The SMILES string of the molecule is C[C@]12CC[C@H]3[C@@H](CCC4=C[C@@H](O[Si](C)(C)C)CC[C@@]43C=O)[C@@H]1CC[C@@H]2O. The maximum Gasteiger partial charge on any atom is 0.184 e. The summed E-state index contributed by atoms with van der Waals surface area (Å²) in [5, 5.41) is 10.6.